The predicted molar refractivity (Wildman–Crippen MR) is 171 cm³/mol. The summed E-state index contributed by atoms with van der Waals surface area (Å²) in [4.78, 5) is 7.12. The van der Waals surface area contributed by atoms with E-state index < -0.39 is 0 Å². The monoisotopic (exact) mass is 531 g/mol. The zero-order valence-corrected chi connectivity index (χ0v) is 22.6. The van der Waals surface area contributed by atoms with Crippen molar-refractivity contribution in [3.05, 3.63) is 145 Å². The molecule has 0 unspecified atom stereocenters. The van der Waals surface area contributed by atoms with Crippen LogP contribution in [-0.4, -0.2) is 9.55 Å². The van der Waals surface area contributed by atoms with Crippen LogP contribution in [0.3, 0.4) is 0 Å². The van der Waals surface area contributed by atoms with Crippen LogP contribution < -0.4 is 4.90 Å². The number of aromatic nitrogens is 2. The van der Waals surface area contributed by atoms with E-state index in [1.807, 2.05) is 23.7 Å². The lowest BCUT2D eigenvalue weighted by Crippen LogP contribution is -2.09. The van der Waals surface area contributed by atoms with Crippen LogP contribution in [0.1, 0.15) is 11.3 Å². The molecule has 7 aromatic rings. The maximum atomic E-state index is 4.80. The average Bonchev–Trinajstić information content (AvgIpc) is 3.42. The number of fused-ring (bicyclic) bond motifs is 6. The molecule has 8 rings (SSSR count). The van der Waals surface area contributed by atoms with Crippen LogP contribution in [-0.2, 0) is 6.42 Å². The van der Waals surface area contributed by atoms with E-state index in [0.29, 0.717) is 0 Å². The molecule has 0 amide bonds. The Bertz CT molecular complexity index is 2040. The first-order valence-corrected chi connectivity index (χ1v) is 14.3. The van der Waals surface area contributed by atoms with Crippen molar-refractivity contribution in [2.24, 2.45) is 0 Å². The molecular weight excluding hydrogens is 506 g/mol. The van der Waals surface area contributed by atoms with Gasteiger partial charge in [-0.25, -0.2) is 0 Å². The van der Waals surface area contributed by atoms with Crippen molar-refractivity contribution in [2.45, 2.75) is 6.42 Å². The molecule has 3 aromatic heterocycles. The first-order chi connectivity index (χ1) is 19.9. The Morgan fingerprint density at radius 2 is 1.43 bits per heavy atom. The highest BCUT2D eigenvalue weighted by atomic mass is 32.1. The van der Waals surface area contributed by atoms with Gasteiger partial charge in [0.05, 0.1) is 22.1 Å². The summed E-state index contributed by atoms with van der Waals surface area (Å²) in [6, 6.07) is 36.7. The minimum Gasteiger partial charge on any atom is -0.310 e. The molecule has 190 valence electrons. The number of allylic oxidation sites excluding steroid dienone is 3. The molecule has 3 heterocycles. The van der Waals surface area contributed by atoms with E-state index in [1.54, 1.807) is 0 Å². The molecule has 0 spiro atoms. The molecule has 0 saturated carbocycles. The number of thiophene rings is 1. The van der Waals surface area contributed by atoms with Gasteiger partial charge in [0.1, 0.15) is 0 Å². The van der Waals surface area contributed by atoms with Crippen LogP contribution in [0.4, 0.5) is 17.1 Å². The molecule has 4 aromatic carbocycles. The predicted octanol–water partition coefficient (Wildman–Crippen LogP) is 9.99. The van der Waals surface area contributed by atoms with Gasteiger partial charge >= 0.3 is 0 Å². The molecule has 0 atom stereocenters. The number of nitrogens with zero attached hydrogens (tertiary/aromatic N) is 3. The van der Waals surface area contributed by atoms with Crippen molar-refractivity contribution < 1.29 is 0 Å². The summed E-state index contributed by atoms with van der Waals surface area (Å²) in [5.41, 5.74) is 8.36. The molecule has 3 nitrogen and oxygen atoms in total. The van der Waals surface area contributed by atoms with Gasteiger partial charge < -0.3 is 9.47 Å². The smallest absolute Gasteiger partial charge is 0.0822 e. The molecule has 0 aliphatic heterocycles. The third-order valence-electron chi connectivity index (χ3n) is 7.71. The summed E-state index contributed by atoms with van der Waals surface area (Å²) < 4.78 is 4.95. The lowest BCUT2D eigenvalue weighted by atomic mass is 10.1. The molecular formula is C36H25N3S. The van der Waals surface area contributed by atoms with Crippen molar-refractivity contribution >= 4 is 65.6 Å². The largest absolute Gasteiger partial charge is 0.310 e. The molecule has 40 heavy (non-hydrogen) atoms. The van der Waals surface area contributed by atoms with E-state index in [0.717, 1.165) is 29.2 Å². The van der Waals surface area contributed by atoms with Gasteiger partial charge in [-0.1, -0.05) is 78.9 Å². The fourth-order valence-corrected chi connectivity index (χ4v) is 7.11. The van der Waals surface area contributed by atoms with Crippen molar-refractivity contribution in [2.75, 3.05) is 4.90 Å². The van der Waals surface area contributed by atoms with Gasteiger partial charge in [-0.15, -0.1) is 11.3 Å². The van der Waals surface area contributed by atoms with Gasteiger partial charge in [0.25, 0.3) is 0 Å². The quantitative estimate of drug-likeness (QED) is 0.225. The van der Waals surface area contributed by atoms with Gasteiger partial charge in [-0.2, -0.15) is 0 Å². The first-order valence-electron chi connectivity index (χ1n) is 13.5. The van der Waals surface area contributed by atoms with Crippen LogP contribution in [0.15, 0.2) is 134 Å². The van der Waals surface area contributed by atoms with Gasteiger partial charge in [-0.05, 0) is 48.5 Å². The number of anilines is 3. The summed E-state index contributed by atoms with van der Waals surface area (Å²) in [5.74, 6) is 0. The van der Waals surface area contributed by atoms with Gasteiger partial charge in [0.15, 0.2) is 0 Å². The SMILES string of the molecule is C1=CCc2c(c3ccccc3n2-c2cncc3c2sc2ccc(N(c4ccccc4)c4ccccc4)cc23)C=C1. The minimum absolute atomic E-state index is 0.881. The summed E-state index contributed by atoms with van der Waals surface area (Å²) in [6.07, 6.45) is 13.7. The number of benzene rings is 4. The molecule has 0 saturated heterocycles. The molecule has 1 aliphatic rings. The Labute approximate surface area is 236 Å². The van der Waals surface area contributed by atoms with E-state index >= 15 is 0 Å². The summed E-state index contributed by atoms with van der Waals surface area (Å²) in [5, 5.41) is 3.69. The average molecular weight is 532 g/mol. The number of pyridine rings is 1. The molecule has 0 N–H and O–H groups in total. The van der Waals surface area contributed by atoms with Crippen molar-refractivity contribution in [1.82, 2.24) is 9.55 Å². The number of para-hydroxylation sites is 3. The maximum absolute atomic E-state index is 4.80. The highest BCUT2D eigenvalue weighted by molar-refractivity contribution is 7.26. The summed E-state index contributed by atoms with van der Waals surface area (Å²) >= 11 is 1.85. The fourth-order valence-electron chi connectivity index (χ4n) is 5.95. The zero-order chi connectivity index (χ0) is 26.5. The van der Waals surface area contributed by atoms with E-state index in [9.17, 15) is 0 Å². The van der Waals surface area contributed by atoms with E-state index in [4.69, 9.17) is 4.98 Å². The third kappa shape index (κ3) is 3.61. The Morgan fingerprint density at radius 3 is 2.23 bits per heavy atom. The second-order valence-corrected chi connectivity index (χ2v) is 11.1. The van der Waals surface area contributed by atoms with Crippen molar-refractivity contribution in [3.63, 3.8) is 0 Å². The zero-order valence-electron chi connectivity index (χ0n) is 21.7. The fraction of sp³-hybridized carbons (Fsp3) is 0.0278. The highest BCUT2D eigenvalue weighted by Crippen LogP contribution is 2.43. The second-order valence-electron chi connectivity index (χ2n) is 10.0. The third-order valence-corrected chi connectivity index (χ3v) is 8.92. The molecule has 1 aliphatic carbocycles. The van der Waals surface area contributed by atoms with Crippen molar-refractivity contribution in [3.8, 4) is 5.69 Å². The Kier molecular flexibility index (Phi) is 5.39. The summed E-state index contributed by atoms with van der Waals surface area (Å²) in [7, 11) is 0. The van der Waals surface area contributed by atoms with Gasteiger partial charge in [0.2, 0.25) is 0 Å². The Morgan fingerprint density at radius 1 is 0.675 bits per heavy atom. The normalized spacial score (nSPS) is 12.7. The molecule has 0 bridgehead atoms. The lowest BCUT2D eigenvalue weighted by molar-refractivity contribution is 1.00. The van der Waals surface area contributed by atoms with Crippen LogP contribution in [0.5, 0.6) is 0 Å². The number of rotatable bonds is 4. The maximum Gasteiger partial charge on any atom is 0.0822 e. The number of hydrogen-bond donors (Lipinski definition) is 0. The standard InChI is InChI=1S/C36H25N3S/c1-4-12-25(13-5-1)38(26-14-6-2-7-15-26)27-20-21-35-30(22-27)31-23-37-24-34(36(31)40-35)39-32-18-9-3-8-16-28(32)29-17-10-11-19-33(29)39/h1-17,19-24H,18H2. The molecule has 4 heteroatoms. The second kappa shape index (κ2) is 9.37. The van der Waals surface area contributed by atoms with Crippen LogP contribution in [0.25, 0.3) is 42.8 Å². The Hall–Kier alpha value is -4.93. The highest BCUT2D eigenvalue weighted by Gasteiger charge is 2.21. The lowest BCUT2D eigenvalue weighted by Gasteiger charge is -2.25. The molecule has 0 fully saturated rings. The van der Waals surface area contributed by atoms with E-state index in [-0.39, 0.29) is 0 Å². The Balaban J connectivity index is 1.36. The van der Waals surface area contributed by atoms with E-state index in [1.165, 1.54) is 42.3 Å². The van der Waals surface area contributed by atoms with Gasteiger partial charge in [0, 0.05) is 61.8 Å². The van der Waals surface area contributed by atoms with Crippen LogP contribution in [0, 0.1) is 0 Å². The molecule has 0 radical (unpaired) electrons. The first kappa shape index (κ1) is 23.0. The summed E-state index contributed by atoms with van der Waals surface area (Å²) in [6.45, 7) is 0. The van der Waals surface area contributed by atoms with E-state index in [2.05, 4.69) is 137 Å². The topological polar surface area (TPSA) is 21.1 Å². The minimum atomic E-state index is 0.881. The van der Waals surface area contributed by atoms with Crippen LogP contribution >= 0.6 is 11.3 Å². The number of hydrogen-bond acceptors (Lipinski definition) is 3. The van der Waals surface area contributed by atoms with Crippen molar-refractivity contribution in [1.29, 1.82) is 0 Å². The van der Waals surface area contributed by atoms with Crippen LogP contribution in [0.2, 0.25) is 0 Å². The van der Waals surface area contributed by atoms with Gasteiger partial charge in [-0.3, -0.25) is 4.98 Å².